The molecular formula is C24H26N6OS2. The van der Waals surface area contributed by atoms with Crippen LogP contribution in [-0.2, 0) is 6.54 Å². The second-order valence-corrected chi connectivity index (χ2v) is 10.00. The number of thiazole rings is 1. The molecule has 1 saturated heterocycles. The smallest absolute Gasteiger partial charge is 0.271 e. The summed E-state index contributed by atoms with van der Waals surface area (Å²) in [4.78, 5) is 26.6. The quantitative estimate of drug-likeness (QED) is 0.301. The lowest BCUT2D eigenvalue weighted by Crippen LogP contribution is -2.29. The van der Waals surface area contributed by atoms with E-state index in [1.807, 2.05) is 31.2 Å². The number of thiophene rings is 1. The van der Waals surface area contributed by atoms with Gasteiger partial charge in [-0.2, -0.15) is 5.10 Å². The van der Waals surface area contributed by atoms with Gasteiger partial charge in [-0.25, -0.2) is 15.4 Å². The molecule has 9 heteroatoms. The van der Waals surface area contributed by atoms with Crippen molar-refractivity contribution in [2.45, 2.75) is 39.7 Å². The Labute approximate surface area is 200 Å². The summed E-state index contributed by atoms with van der Waals surface area (Å²) >= 11 is 3.29. The molecular weight excluding hydrogens is 452 g/mol. The van der Waals surface area contributed by atoms with Gasteiger partial charge in [-0.15, -0.1) is 11.3 Å². The van der Waals surface area contributed by atoms with E-state index in [9.17, 15) is 4.79 Å². The van der Waals surface area contributed by atoms with Crippen molar-refractivity contribution in [3.63, 3.8) is 0 Å². The Balaban J connectivity index is 1.36. The number of hydrogen-bond acceptors (Lipinski definition) is 7. The van der Waals surface area contributed by atoms with Gasteiger partial charge in [0.25, 0.3) is 5.91 Å². The molecule has 7 nitrogen and oxygen atoms in total. The molecule has 1 aliphatic heterocycles. The first-order valence-electron chi connectivity index (χ1n) is 11.2. The molecule has 33 heavy (non-hydrogen) atoms. The van der Waals surface area contributed by atoms with Gasteiger partial charge in [0.05, 0.1) is 27.0 Å². The van der Waals surface area contributed by atoms with Crippen LogP contribution in [0.5, 0.6) is 0 Å². The van der Waals surface area contributed by atoms with Crippen LogP contribution in [0, 0.1) is 6.92 Å². The van der Waals surface area contributed by atoms with Gasteiger partial charge in [-0.1, -0.05) is 17.4 Å². The third kappa shape index (κ3) is 4.43. The number of amides is 1. The fraction of sp³-hybridized carbons (Fsp3) is 0.333. The monoisotopic (exact) mass is 478 g/mol. The molecule has 1 aromatic carbocycles. The number of piperidine rings is 1. The van der Waals surface area contributed by atoms with Gasteiger partial charge in [0.15, 0.2) is 5.13 Å². The Kier molecular flexibility index (Phi) is 6.24. The zero-order valence-corrected chi connectivity index (χ0v) is 20.4. The molecule has 170 valence electrons. The summed E-state index contributed by atoms with van der Waals surface area (Å²) in [6.07, 6.45) is 5.40. The molecule has 4 heterocycles. The fourth-order valence-electron chi connectivity index (χ4n) is 4.22. The van der Waals surface area contributed by atoms with Crippen LogP contribution in [0.1, 0.15) is 47.2 Å². The zero-order valence-electron chi connectivity index (χ0n) is 18.7. The largest absolute Gasteiger partial charge is 0.348 e. The van der Waals surface area contributed by atoms with Crippen LogP contribution in [0.15, 0.2) is 40.8 Å². The zero-order chi connectivity index (χ0) is 22.8. The minimum absolute atomic E-state index is 0.254. The minimum atomic E-state index is -0.254. The van der Waals surface area contributed by atoms with Crippen LogP contribution in [0.2, 0.25) is 0 Å². The molecule has 1 fully saturated rings. The summed E-state index contributed by atoms with van der Waals surface area (Å²) in [5.41, 5.74) is 5.99. The van der Waals surface area contributed by atoms with E-state index in [4.69, 9.17) is 4.98 Å². The van der Waals surface area contributed by atoms with E-state index < -0.39 is 0 Å². The van der Waals surface area contributed by atoms with E-state index >= 15 is 0 Å². The van der Waals surface area contributed by atoms with Crippen LogP contribution in [-0.4, -0.2) is 39.7 Å². The topological polar surface area (TPSA) is 75.4 Å². The van der Waals surface area contributed by atoms with Gasteiger partial charge < -0.3 is 9.47 Å². The second kappa shape index (κ2) is 9.44. The SMILES string of the molecule is CCn1c(C)nc2cc(C(=O)N/N=C\c3sc(N4CCCCC4)nc3-c3cccs3)ccc21. The molecule has 0 saturated carbocycles. The minimum Gasteiger partial charge on any atom is -0.348 e. The van der Waals surface area contributed by atoms with Crippen molar-refractivity contribution in [3.8, 4) is 10.6 Å². The normalized spacial score (nSPS) is 14.4. The summed E-state index contributed by atoms with van der Waals surface area (Å²) in [5.74, 6) is 0.689. The number of hydrogen-bond donors (Lipinski definition) is 1. The lowest BCUT2D eigenvalue weighted by atomic mass is 10.1. The Hall–Kier alpha value is -3.04. The number of nitrogens with one attached hydrogen (secondary N) is 1. The van der Waals surface area contributed by atoms with E-state index in [0.717, 1.165) is 57.1 Å². The standard InChI is InChI=1S/C24H26N6OS2/c1-3-30-16(2)26-18-14-17(9-10-19(18)30)23(31)28-25-15-21-22(20-8-7-13-32-20)27-24(33-21)29-11-5-4-6-12-29/h7-10,13-15H,3-6,11-12H2,1-2H3,(H,28,31)/b25-15-. The molecule has 0 spiro atoms. The number of benzene rings is 1. The van der Waals surface area contributed by atoms with Crippen molar-refractivity contribution in [2.75, 3.05) is 18.0 Å². The van der Waals surface area contributed by atoms with Crippen molar-refractivity contribution in [2.24, 2.45) is 5.10 Å². The van der Waals surface area contributed by atoms with E-state index in [2.05, 4.69) is 43.3 Å². The number of fused-ring (bicyclic) bond motifs is 1. The molecule has 0 bridgehead atoms. The molecule has 1 aliphatic rings. The third-order valence-corrected chi connectivity index (χ3v) is 7.82. The molecule has 5 rings (SSSR count). The van der Waals surface area contributed by atoms with Gasteiger partial charge in [0, 0.05) is 25.2 Å². The van der Waals surface area contributed by atoms with Gasteiger partial charge >= 0.3 is 0 Å². The van der Waals surface area contributed by atoms with Crippen LogP contribution < -0.4 is 10.3 Å². The van der Waals surface area contributed by atoms with E-state index in [0.29, 0.717) is 5.56 Å². The van der Waals surface area contributed by atoms with Crippen molar-refractivity contribution < 1.29 is 4.79 Å². The molecule has 4 aromatic rings. The maximum atomic E-state index is 12.7. The predicted molar refractivity (Wildman–Crippen MR) is 137 cm³/mol. The number of imidazole rings is 1. The van der Waals surface area contributed by atoms with Crippen molar-refractivity contribution in [1.29, 1.82) is 0 Å². The first kappa shape index (κ1) is 21.8. The molecule has 0 unspecified atom stereocenters. The number of anilines is 1. The molecule has 0 aliphatic carbocycles. The van der Waals surface area contributed by atoms with Gasteiger partial charge in [0.1, 0.15) is 11.5 Å². The molecule has 3 aromatic heterocycles. The van der Waals surface area contributed by atoms with E-state index in [-0.39, 0.29) is 5.91 Å². The van der Waals surface area contributed by atoms with E-state index in [1.165, 1.54) is 19.3 Å². The van der Waals surface area contributed by atoms with Crippen LogP contribution >= 0.6 is 22.7 Å². The highest BCUT2D eigenvalue weighted by atomic mass is 32.1. The fourth-order valence-corrected chi connectivity index (χ4v) is 6.02. The average Bonchev–Trinajstić information content (AvgIpc) is 3.57. The molecule has 1 amide bonds. The van der Waals surface area contributed by atoms with E-state index in [1.54, 1.807) is 28.9 Å². The Morgan fingerprint density at radius 3 is 2.82 bits per heavy atom. The summed E-state index contributed by atoms with van der Waals surface area (Å²) in [5, 5.41) is 7.35. The maximum absolute atomic E-state index is 12.7. The summed E-state index contributed by atoms with van der Waals surface area (Å²) in [7, 11) is 0. The first-order valence-corrected chi connectivity index (χ1v) is 12.9. The lowest BCUT2D eigenvalue weighted by Gasteiger charge is -2.25. The number of hydrazone groups is 1. The number of aryl methyl sites for hydroxylation is 2. The highest BCUT2D eigenvalue weighted by molar-refractivity contribution is 7.18. The Morgan fingerprint density at radius 1 is 1.21 bits per heavy atom. The highest BCUT2D eigenvalue weighted by Gasteiger charge is 2.19. The van der Waals surface area contributed by atoms with Gasteiger partial charge in [-0.3, -0.25) is 4.79 Å². The van der Waals surface area contributed by atoms with Crippen molar-refractivity contribution in [3.05, 3.63) is 52.0 Å². The summed E-state index contributed by atoms with van der Waals surface area (Å²) in [6, 6.07) is 9.68. The van der Waals surface area contributed by atoms with Crippen molar-refractivity contribution >= 4 is 51.0 Å². The number of carbonyl (C=O) groups excluding carboxylic acids is 1. The van der Waals surface area contributed by atoms with Crippen LogP contribution in [0.25, 0.3) is 21.6 Å². The number of carbonyl (C=O) groups is 1. The van der Waals surface area contributed by atoms with Crippen molar-refractivity contribution in [1.82, 2.24) is 20.0 Å². The van der Waals surface area contributed by atoms with Gasteiger partial charge in [0.2, 0.25) is 0 Å². The van der Waals surface area contributed by atoms with Gasteiger partial charge in [-0.05, 0) is 62.8 Å². The Bertz CT molecular complexity index is 1300. The average molecular weight is 479 g/mol. The molecule has 1 N–H and O–H groups in total. The molecule has 0 atom stereocenters. The third-order valence-electron chi connectivity index (χ3n) is 5.89. The number of rotatable bonds is 6. The Morgan fingerprint density at radius 2 is 2.06 bits per heavy atom. The second-order valence-electron chi connectivity index (χ2n) is 8.04. The summed E-state index contributed by atoms with van der Waals surface area (Å²) < 4.78 is 2.13. The summed E-state index contributed by atoms with van der Waals surface area (Å²) in [6.45, 7) is 7.00. The van der Waals surface area contributed by atoms with Crippen LogP contribution in [0.4, 0.5) is 5.13 Å². The van der Waals surface area contributed by atoms with Crippen LogP contribution in [0.3, 0.4) is 0 Å². The predicted octanol–water partition coefficient (Wildman–Crippen LogP) is 5.30. The maximum Gasteiger partial charge on any atom is 0.271 e. The highest BCUT2D eigenvalue weighted by Crippen LogP contribution is 2.35. The molecule has 0 radical (unpaired) electrons. The first-order chi connectivity index (χ1) is 16.1. The number of aromatic nitrogens is 3. The number of nitrogens with zero attached hydrogens (tertiary/aromatic N) is 5. The lowest BCUT2D eigenvalue weighted by molar-refractivity contribution is 0.0955.